The van der Waals surface area contributed by atoms with Crippen LogP contribution in [0.15, 0.2) is 0 Å². The minimum atomic E-state index is -0.663. The summed E-state index contributed by atoms with van der Waals surface area (Å²) in [6, 6.07) is 0.377. The van der Waals surface area contributed by atoms with Crippen molar-refractivity contribution >= 4 is 11.9 Å². The Morgan fingerprint density at radius 2 is 1.82 bits per heavy atom. The molecule has 1 saturated heterocycles. The third kappa shape index (κ3) is 2.76. The van der Waals surface area contributed by atoms with Crippen LogP contribution in [0, 0.1) is 39.9 Å². The van der Waals surface area contributed by atoms with E-state index in [-0.39, 0.29) is 16.7 Å². The lowest BCUT2D eigenvalue weighted by Gasteiger charge is -2.62. The van der Waals surface area contributed by atoms with Gasteiger partial charge in [0.25, 0.3) is 0 Å². The van der Waals surface area contributed by atoms with Crippen molar-refractivity contribution in [3.63, 3.8) is 0 Å². The lowest BCUT2D eigenvalue weighted by Crippen LogP contribution is -2.61. The summed E-state index contributed by atoms with van der Waals surface area (Å²) in [7, 11) is 0. The lowest BCUT2D eigenvalue weighted by molar-refractivity contribution is -0.142. The summed E-state index contributed by atoms with van der Waals surface area (Å²) in [6.45, 7) is 9.76. The zero-order valence-corrected chi connectivity index (χ0v) is 18.2. The number of carboxylic acids is 1. The van der Waals surface area contributed by atoms with Gasteiger partial charge < -0.3 is 10.4 Å². The van der Waals surface area contributed by atoms with E-state index >= 15 is 0 Å². The first-order valence-electron chi connectivity index (χ1n) is 11.6. The van der Waals surface area contributed by atoms with Gasteiger partial charge in [0, 0.05) is 18.9 Å². The molecule has 1 aliphatic heterocycles. The lowest BCUT2D eigenvalue weighted by atomic mass is 9.44. The first kappa shape index (κ1) is 20.2. The van der Waals surface area contributed by atoms with Crippen LogP contribution in [0.25, 0.3) is 0 Å². The Balaban J connectivity index is 1.57. The maximum absolute atomic E-state index is 12.0. The molecule has 4 rings (SSSR count). The van der Waals surface area contributed by atoms with Crippen molar-refractivity contribution < 1.29 is 14.7 Å². The number of amides is 1. The highest BCUT2D eigenvalue weighted by Gasteiger charge is 2.64. The van der Waals surface area contributed by atoms with E-state index in [2.05, 4.69) is 33.0 Å². The van der Waals surface area contributed by atoms with E-state index in [0.717, 1.165) is 37.0 Å². The molecule has 0 aromatic heterocycles. The van der Waals surface area contributed by atoms with E-state index in [1.807, 2.05) is 0 Å². The molecule has 4 aliphatic rings. The molecule has 0 bridgehead atoms. The van der Waals surface area contributed by atoms with Crippen molar-refractivity contribution in [3.05, 3.63) is 0 Å². The highest BCUT2D eigenvalue weighted by atomic mass is 16.4. The van der Waals surface area contributed by atoms with Crippen LogP contribution >= 0.6 is 0 Å². The van der Waals surface area contributed by atoms with Gasteiger partial charge in [-0.15, -0.1) is 0 Å². The summed E-state index contributed by atoms with van der Waals surface area (Å²) < 4.78 is 0. The Kier molecular flexibility index (Phi) is 4.87. The monoisotopic (exact) mass is 389 g/mol. The predicted molar refractivity (Wildman–Crippen MR) is 110 cm³/mol. The van der Waals surface area contributed by atoms with Gasteiger partial charge in [0.05, 0.1) is 0 Å². The number of piperidine rings is 1. The average molecular weight is 390 g/mol. The molecule has 1 amide bonds. The summed E-state index contributed by atoms with van der Waals surface area (Å²) in [6.07, 6.45) is 10.3. The Hall–Kier alpha value is -1.06. The molecule has 4 nitrogen and oxygen atoms in total. The van der Waals surface area contributed by atoms with Gasteiger partial charge in [-0.3, -0.25) is 9.59 Å². The van der Waals surface area contributed by atoms with Gasteiger partial charge in [0.1, 0.15) is 0 Å². The second kappa shape index (κ2) is 6.74. The van der Waals surface area contributed by atoms with Gasteiger partial charge in [-0.1, -0.05) is 27.7 Å². The van der Waals surface area contributed by atoms with Gasteiger partial charge in [0.2, 0.25) is 5.91 Å². The molecule has 0 aromatic rings. The van der Waals surface area contributed by atoms with Crippen LogP contribution in [-0.4, -0.2) is 23.0 Å². The number of rotatable bonds is 4. The minimum Gasteiger partial charge on any atom is -0.481 e. The van der Waals surface area contributed by atoms with Gasteiger partial charge in [0.15, 0.2) is 0 Å². The maximum Gasteiger partial charge on any atom is 0.303 e. The topological polar surface area (TPSA) is 66.4 Å². The molecule has 0 radical (unpaired) electrons. The second-order valence-electron chi connectivity index (χ2n) is 11.3. The molecular formula is C24H39NO3. The summed E-state index contributed by atoms with van der Waals surface area (Å²) in [5, 5.41) is 12.5. The molecular weight excluding hydrogens is 350 g/mol. The smallest absolute Gasteiger partial charge is 0.303 e. The van der Waals surface area contributed by atoms with Crippen molar-refractivity contribution in [1.29, 1.82) is 0 Å². The van der Waals surface area contributed by atoms with E-state index in [1.54, 1.807) is 0 Å². The second-order valence-corrected chi connectivity index (χ2v) is 11.3. The zero-order valence-electron chi connectivity index (χ0n) is 18.2. The summed E-state index contributed by atoms with van der Waals surface area (Å²) in [5.74, 6) is 2.33. The van der Waals surface area contributed by atoms with Crippen molar-refractivity contribution in [2.45, 2.75) is 97.9 Å². The van der Waals surface area contributed by atoms with E-state index in [1.165, 1.54) is 32.1 Å². The largest absolute Gasteiger partial charge is 0.481 e. The van der Waals surface area contributed by atoms with Crippen molar-refractivity contribution in [1.82, 2.24) is 5.32 Å². The molecule has 0 unspecified atom stereocenters. The van der Waals surface area contributed by atoms with Crippen LogP contribution in [0.1, 0.15) is 91.9 Å². The number of aliphatic carboxylic acids is 1. The van der Waals surface area contributed by atoms with E-state index in [9.17, 15) is 9.59 Å². The van der Waals surface area contributed by atoms with Crippen molar-refractivity contribution in [2.75, 3.05) is 0 Å². The molecule has 3 aliphatic carbocycles. The summed E-state index contributed by atoms with van der Waals surface area (Å²) in [5.41, 5.74) is 0.843. The number of carbonyl (C=O) groups is 2. The highest BCUT2D eigenvalue weighted by molar-refractivity contribution is 5.77. The molecule has 28 heavy (non-hydrogen) atoms. The third-order valence-electron chi connectivity index (χ3n) is 10.6. The molecule has 0 aromatic carbocycles. The van der Waals surface area contributed by atoms with Crippen LogP contribution in [0.3, 0.4) is 0 Å². The van der Waals surface area contributed by atoms with Gasteiger partial charge in [-0.25, -0.2) is 0 Å². The van der Waals surface area contributed by atoms with Gasteiger partial charge in [-0.05, 0) is 91.3 Å². The first-order valence-corrected chi connectivity index (χ1v) is 11.6. The molecule has 0 spiro atoms. The number of carboxylic acid groups (broad SMARTS) is 1. The highest BCUT2D eigenvalue weighted by Crippen LogP contribution is 2.71. The standard InChI is InChI=1S/C24H39NO3/c1-15(5-8-21(27)28)23(3)13-10-18-16-6-7-19-22(2,12-11-20(26)25-19)17(16)9-14-24(18,23)4/h15-19H,5-14H2,1-4H3,(H,25,26)(H,27,28)/t15-,16-,17+,18+,19-,22-,23-,24+/m1/s1. The van der Waals surface area contributed by atoms with E-state index in [0.29, 0.717) is 30.2 Å². The van der Waals surface area contributed by atoms with Crippen LogP contribution < -0.4 is 5.32 Å². The Bertz CT molecular complexity index is 662. The average Bonchev–Trinajstić information content (AvgIpc) is 2.92. The van der Waals surface area contributed by atoms with Crippen LogP contribution in [0.2, 0.25) is 0 Å². The fourth-order valence-corrected chi connectivity index (χ4v) is 8.47. The molecule has 1 heterocycles. The van der Waals surface area contributed by atoms with E-state index < -0.39 is 5.97 Å². The van der Waals surface area contributed by atoms with Crippen LogP contribution in [0.4, 0.5) is 0 Å². The number of hydrogen-bond donors (Lipinski definition) is 2. The SMILES string of the molecule is C[C@H](CCC(=O)O)[C@@]1(C)CC[C@H]2[C@@H]3CC[C@H]4NC(=O)CC[C@]4(C)[C@H]3CC[C@@]21C. The Morgan fingerprint density at radius 1 is 1.11 bits per heavy atom. The molecule has 8 atom stereocenters. The quantitative estimate of drug-likeness (QED) is 0.710. The zero-order chi connectivity index (χ0) is 20.3. The number of fused-ring (bicyclic) bond motifs is 5. The van der Waals surface area contributed by atoms with Gasteiger partial charge >= 0.3 is 5.97 Å². The predicted octanol–water partition coefficient (Wildman–Crippen LogP) is 5.01. The first-order chi connectivity index (χ1) is 13.1. The number of nitrogens with one attached hydrogen (secondary N) is 1. The summed E-state index contributed by atoms with van der Waals surface area (Å²) in [4.78, 5) is 23.1. The summed E-state index contributed by atoms with van der Waals surface area (Å²) >= 11 is 0. The van der Waals surface area contributed by atoms with Gasteiger partial charge in [-0.2, -0.15) is 0 Å². The van der Waals surface area contributed by atoms with Crippen LogP contribution in [0.5, 0.6) is 0 Å². The molecule has 4 fully saturated rings. The molecule has 158 valence electrons. The number of carbonyl (C=O) groups excluding carboxylic acids is 1. The maximum atomic E-state index is 12.0. The number of hydrogen-bond acceptors (Lipinski definition) is 2. The van der Waals surface area contributed by atoms with Crippen molar-refractivity contribution in [3.8, 4) is 0 Å². The Labute approximate surface area is 170 Å². The fourth-order valence-electron chi connectivity index (χ4n) is 8.47. The minimum absolute atomic E-state index is 0.247. The normalized spacial score (nSPS) is 48.8. The van der Waals surface area contributed by atoms with E-state index in [4.69, 9.17) is 5.11 Å². The Morgan fingerprint density at radius 3 is 2.54 bits per heavy atom. The molecule has 2 N–H and O–H groups in total. The fraction of sp³-hybridized carbons (Fsp3) is 0.917. The van der Waals surface area contributed by atoms with Crippen LogP contribution in [-0.2, 0) is 9.59 Å². The third-order valence-corrected chi connectivity index (χ3v) is 10.6. The molecule has 3 saturated carbocycles. The van der Waals surface area contributed by atoms with Crippen molar-refractivity contribution in [2.24, 2.45) is 39.9 Å². The molecule has 4 heteroatoms.